The summed E-state index contributed by atoms with van der Waals surface area (Å²) in [5.41, 5.74) is 7.38. The first-order valence-electron chi connectivity index (χ1n) is 6.01. The molecule has 0 radical (unpaired) electrons. The number of anilines is 1. The molecule has 1 heterocycles. The first-order valence-corrected chi connectivity index (χ1v) is 6.80. The molecule has 18 heavy (non-hydrogen) atoms. The summed E-state index contributed by atoms with van der Waals surface area (Å²) in [5, 5.41) is 2.84. The lowest BCUT2D eigenvalue weighted by atomic mass is 10.0. The van der Waals surface area contributed by atoms with Gasteiger partial charge in [-0.2, -0.15) is 0 Å². The maximum Gasteiger partial charge on any atom is 0.266 e. The molecule has 1 aromatic carbocycles. The van der Waals surface area contributed by atoms with Crippen molar-refractivity contribution in [2.24, 2.45) is 11.7 Å². The number of carbonyl (C=O) groups is 1. The molecule has 1 aliphatic heterocycles. The summed E-state index contributed by atoms with van der Waals surface area (Å²) in [5.74, 6) is 1.04. The highest BCUT2D eigenvalue weighted by atomic mass is 79.9. The maximum absolute atomic E-state index is 11.7. The smallest absolute Gasteiger partial charge is 0.266 e. The lowest BCUT2D eigenvalue weighted by Crippen LogP contribution is -2.42. The zero-order chi connectivity index (χ0) is 13.3. The van der Waals surface area contributed by atoms with Crippen LogP contribution in [0.2, 0.25) is 0 Å². The lowest BCUT2D eigenvalue weighted by Gasteiger charge is -2.26. The molecule has 0 fully saturated rings. The maximum atomic E-state index is 11.7. The van der Waals surface area contributed by atoms with Crippen molar-refractivity contribution in [2.45, 2.75) is 26.4 Å². The minimum Gasteiger partial charge on any atom is -0.476 e. The van der Waals surface area contributed by atoms with Crippen LogP contribution in [0.5, 0.6) is 5.75 Å². The second-order valence-corrected chi connectivity index (χ2v) is 5.74. The van der Waals surface area contributed by atoms with Crippen LogP contribution in [0.25, 0.3) is 0 Å². The highest BCUT2D eigenvalue weighted by Crippen LogP contribution is 2.38. The van der Waals surface area contributed by atoms with Crippen molar-refractivity contribution in [1.29, 1.82) is 0 Å². The van der Waals surface area contributed by atoms with E-state index in [4.69, 9.17) is 10.5 Å². The molecule has 2 rings (SSSR count). The Bertz CT molecular complexity index is 474. The first-order chi connectivity index (χ1) is 8.51. The predicted molar refractivity (Wildman–Crippen MR) is 74.8 cm³/mol. The van der Waals surface area contributed by atoms with Crippen molar-refractivity contribution in [2.75, 3.05) is 11.9 Å². The summed E-state index contributed by atoms with van der Waals surface area (Å²) in [7, 11) is 0. The molecule has 1 aromatic rings. The van der Waals surface area contributed by atoms with Crippen LogP contribution in [-0.4, -0.2) is 18.6 Å². The van der Waals surface area contributed by atoms with Crippen molar-refractivity contribution in [3.63, 3.8) is 0 Å². The molecule has 0 saturated heterocycles. The summed E-state index contributed by atoms with van der Waals surface area (Å²) in [6.07, 6.45) is 0.354. The molecular formula is C13H17BrN2O2. The van der Waals surface area contributed by atoms with Gasteiger partial charge in [-0.1, -0.05) is 13.8 Å². The van der Waals surface area contributed by atoms with E-state index in [1.54, 1.807) is 0 Å². The fraction of sp³-hybridized carbons (Fsp3) is 0.462. The number of fused-ring (bicyclic) bond motifs is 1. The topological polar surface area (TPSA) is 64.4 Å². The Kier molecular flexibility index (Phi) is 3.92. The van der Waals surface area contributed by atoms with Gasteiger partial charge in [0, 0.05) is 6.54 Å². The SMILES string of the molecule is CC(C)Cc1cc(Br)c2c(c1)NC(=O)C(CN)O2. The third kappa shape index (κ3) is 2.67. The highest BCUT2D eigenvalue weighted by molar-refractivity contribution is 9.10. The zero-order valence-corrected chi connectivity index (χ0v) is 12.1. The Hall–Kier alpha value is -1.07. The van der Waals surface area contributed by atoms with E-state index < -0.39 is 6.10 Å². The van der Waals surface area contributed by atoms with Crippen molar-refractivity contribution >= 4 is 27.5 Å². The zero-order valence-electron chi connectivity index (χ0n) is 10.5. The molecule has 0 bridgehead atoms. The Labute approximate surface area is 115 Å². The Balaban J connectivity index is 2.34. The van der Waals surface area contributed by atoms with Crippen LogP contribution in [0.15, 0.2) is 16.6 Å². The van der Waals surface area contributed by atoms with Gasteiger partial charge in [0.1, 0.15) is 0 Å². The monoisotopic (exact) mass is 312 g/mol. The highest BCUT2D eigenvalue weighted by Gasteiger charge is 2.28. The summed E-state index contributed by atoms with van der Waals surface area (Å²) in [4.78, 5) is 11.7. The van der Waals surface area contributed by atoms with Gasteiger partial charge in [-0.15, -0.1) is 0 Å². The standard InChI is InChI=1S/C13H17BrN2O2/c1-7(2)3-8-4-9(14)12-10(5-8)16-13(17)11(6-15)18-12/h4-5,7,11H,3,6,15H2,1-2H3,(H,16,17). The van der Waals surface area contributed by atoms with E-state index in [2.05, 4.69) is 35.1 Å². The Morgan fingerprint density at radius 2 is 2.22 bits per heavy atom. The van der Waals surface area contributed by atoms with Gasteiger partial charge < -0.3 is 15.8 Å². The molecule has 0 spiro atoms. The fourth-order valence-electron chi connectivity index (χ4n) is 2.02. The van der Waals surface area contributed by atoms with Gasteiger partial charge in [-0.3, -0.25) is 4.79 Å². The number of ether oxygens (including phenoxy) is 1. The Morgan fingerprint density at radius 3 is 2.83 bits per heavy atom. The predicted octanol–water partition coefficient (Wildman–Crippen LogP) is 2.31. The fourth-order valence-corrected chi connectivity index (χ4v) is 2.62. The molecule has 1 unspecified atom stereocenters. The molecule has 4 nitrogen and oxygen atoms in total. The van der Waals surface area contributed by atoms with E-state index in [9.17, 15) is 4.79 Å². The second kappa shape index (κ2) is 5.28. The molecule has 1 amide bonds. The average Bonchev–Trinajstić information content (AvgIpc) is 2.27. The third-order valence-electron chi connectivity index (χ3n) is 2.77. The summed E-state index contributed by atoms with van der Waals surface area (Å²) in [6.45, 7) is 4.49. The first kappa shape index (κ1) is 13.4. The second-order valence-electron chi connectivity index (χ2n) is 4.88. The van der Waals surface area contributed by atoms with Crippen molar-refractivity contribution in [3.8, 4) is 5.75 Å². The van der Waals surface area contributed by atoms with Gasteiger partial charge in [0.15, 0.2) is 11.9 Å². The summed E-state index contributed by atoms with van der Waals surface area (Å²) < 4.78 is 6.46. The summed E-state index contributed by atoms with van der Waals surface area (Å²) >= 11 is 3.48. The molecule has 5 heteroatoms. The van der Waals surface area contributed by atoms with Crippen molar-refractivity contribution in [3.05, 3.63) is 22.2 Å². The van der Waals surface area contributed by atoms with E-state index >= 15 is 0 Å². The molecule has 1 atom stereocenters. The molecule has 98 valence electrons. The molecule has 1 aliphatic rings. The number of rotatable bonds is 3. The van der Waals surface area contributed by atoms with Crippen LogP contribution in [-0.2, 0) is 11.2 Å². The number of nitrogens with two attached hydrogens (primary N) is 1. The lowest BCUT2D eigenvalue weighted by molar-refractivity contribution is -0.123. The van der Waals surface area contributed by atoms with Crippen LogP contribution in [0.1, 0.15) is 19.4 Å². The van der Waals surface area contributed by atoms with E-state index in [0.29, 0.717) is 11.7 Å². The number of benzene rings is 1. The number of hydrogen-bond donors (Lipinski definition) is 2. The number of halogens is 1. The number of nitrogens with one attached hydrogen (secondary N) is 1. The van der Waals surface area contributed by atoms with E-state index in [1.165, 1.54) is 5.56 Å². The number of hydrogen-bond acceptors (Lipinski definition) is 3. The molecule has 3 N–H and O–H groups in total. The Morgan fingerprint density at radius 1 is 1.50 bits per heavy atom. The van der Waals surface area contributed by atoms with Crippen LogP contribution < -0.4 is 15.8 Å². The molecule has 0 saturated carbocycles. The minimum atomic E-state index is -0.607. The van der Waals surface area contributed by atoms with Crippen molar-refractivity contribution < 1.29 is 9.53 Å². The van der Waals surface area contributed by atoms with E-state index in [-0.39, 0.29) is 12.5 Å². The van der Waals surface area contributed by atoms with Gasteiger partial charge >= 0.3 is 0 Å². The van der Waals surface area contributed by atoms with Crippen LogP contribution in [0, 0.1) is 5.92 Å². The molecule has 0 aromatic heterocycles. The average molecular weight is 313 g/mol. The normalized spacial score (nSPS) is 18.3. The van der Waals surface area contributed by atoms with Gasteiger partial charge in [-0.25, -0.2) is 0 Å². The number of carbonyl (C=O) groups excluding carboxylic acids is 1. The minimum absolute atomic E-state index is 0.172. The molecular weight excluding hydrogens is 296 g/mol. The van der Waals surface area contributed by atoms with Gasteiger partial charge in [-0.05, 0) is 46.0 Å². The van der Waals surface area contributed by atoms with Crippen LogP contribution in [0.4, 0.5) is 5.69 Å². The number of amides is 1. The van der Waals surface area contributed by atoms with Crippen LogP contribution >= 0.6 is 15.9 Å². The van der Waals surface area contributed by atoms with E-state index in [0.717, 1.165) is 16.6 Å². The summed E-state index contributed by atoms with van der Waals surface area (Å²) in [6, 6.07) is 3.99. The van der Waals surface area contributed by atoms with Crippen LogP contribution in [0.3, 0.4) is 0 Å². The third-order valence-corrected chi connectivity index (χ3v) is 3.36. The van der Waals surface area contributed by atoms with Gasteiger partial charge in [0.05, 0.1) is 10.2 Å². The van der Waals surface area contributed by atoms with Gasteiger partial charge in [0.25, 0.3) is 5.91 Å². The van der Waals surface area contributed by atoms with E-state index in [1.807, 2.05) is 12.1 Å². The quantitative estimate of drug-likeness (QED) is 0.900. The van der Waals surface area contributed by atoms with Gasteiger partial charge in [0.2, 0.25) is 0 Å². The van der Waals surface area contributed by atoms with Crippen molar-refractivity contribution in [1.82, 2.24) is 0 Å². The molecule has 0 aliphatic carbocycles. The largest absolute Gasteiger partial charge is 0.476 e.